The van der Waals surface area contributed by atoms with Crippen molar-refractivity contribution in [2.75, 3.05) is 30.0 Å². The highest BCUT2D eigenvalue weighted by Crippen LogP contribution is 2.27. The summed E-state index contributed by atoms with van der Waals surface area (Å²) >= 11 is 1.72. The van der Waals surface area contributed by atoms with Gasteiger partial charge >= 0.3 is 0 Å². The Balaban J connectivity index is 1.23. The standard InChI is InChI=1S/C27H38N6OS/c1-35-25-5-3-2-4-21(25)17-31-27-32-18-22(14-28)26(33-27)30-16-19-6-10-23(11-7-19)29-15-20-8-12-24(34)13-9-20/h2-5,18-20,23-24,29,34H,6-13,15-17H2,1H3,(H2,30,31,32,33). The van der Waals surface area contributed by atoms with E-state index in [0.717, 1.165) is 44.7 Å². The summed E-state index contributed by atoms with van der Waals surface area (Å²) in [4.78, 5) is 10.2. The Morgan fingerprint density at radius 2 is 1.71 bits per heavy atom. The van der Waals surface area contributed by atoms with Gasteiger partial charge < -0.3 is 21.1 Å². The molecule has 1 aromatic carbocycles. The topological polar surface area (TPSA) is 106 Å². The fraction of sp³-hybridized carbons (Fsp3) is 0.593. The van der Waals surface area contributed by atoms with E-state index in [0.29, 0.717) is 35.8 Å². The average Bonchev–Trinajstić information content (AvgIpc) is 2.91. The van der Waals surface area contributed by atoms with Crippen LogP contribution in [-0.4, -0.2) is 46.6 Å². The molecule has 188 valence electrons. The van der Waals surface area contributed by atoms with Gasteiger partial charge in [-0.25, -0.2) is 4.98 Å². The SMILES string of the molecule is CSc1ccccc1CNc1ncc(C#N)c(NCC2CCC(NCC3CCC(O)CC3)CC2)n1. The van der Waals surface area contributed by atoms with Crippen molar-refractivity contribution in [3.05, 3.63) is 41.6 Å². The van der Waals surface area contributed by atoms with Crippen molar-refractivity contribution in [1.29, 1.82) is 5.26 Å². The van der Waals surface area contributed by atoms with E-state index in [1.165, 1.54) is 36.1 Å². The third kappa shape index (κ3) is 7.57. The number of benzene rings is 1. The van der Waals surface area contributed by atoms with Gasteiger partial charge in [-0.15, -0.1) is 11.8 Å². The predicted octanol–water partition coefficient (Wildman–Crippen LogP) is 4.79. The molecule has 0 saturated heterocycles. The van der Waals surface area contributed by atoms with E-state index in [1.807, 2.05) is 12.1 Å². The molecule has 0 bridgehead atoms. The summed E-state index contributed by atoms with van der Waals surface area (Å²) in [5.41, 5.74) is 1.68. The second-order valence-electron chi connectivity index (χ2n) is 9.91. The van der Waals surface area contributed by atoms with Crippen LogP contribution in [0, 0.1) is 23.2 Å². The molecule has 0 atom stereocenters. The Labute approximate surface area is 213 Å². The molecule has 2 aliphatic rings. The van der Waals surface area contributed by atoms with Gasteiger partial charge in [0.05, 0.1) is 12.3 Å². The zero-order chi connectivity index (χ0) is 24.5. The maximum atomic E-state index is 9.69. The molecule has 4 N–H and O–H groups in total. The summed E-state index contributed by atoms with van der Waals surface area (Å²) in [6.07, 6.45) is 12.6. The van der Waals surface area contributed by atoms with Gasteiger partial charge in [0.2, 0.25) is 5.95 Å². The number of anilines is 2. The lowest BCUT2D eigenvalue weighted by Crippen LogP contribution is -2.38. The van der Waals surface area contributed by atoms with Gasteiger partial charge in [-0.3, -0.25) is 0 Å². The largest absolute Gasteiger partial charge is 0.393 e. The minimum absolute atomic E-state index is 0.0747. The Bertz CT molecular complexity index is 980. The van der Waals surface area contributed by atoms with Crippen molar-refractivity contribution in [1.82, 2.24) is 15.3 Å². The predicted molar refractivity (Wildman–Crippen MR) is 142 cm³/mol. The number of rotatable bonds is 10. The highest BCUT2D eigenvalue weighted by molar-refractivity contribution is 7.98. The van der Waals surface area contributed by atoms with Crippen LogP contribution >= 0.6 is 11.8 Å². The van der Waals surface area contributed by atoms with Crippen LogP contribution in [0.4, 0.5) is 11.8 Å². The van der Waals surface area contributed by atoms with Crippen molar-refractivity contribution in [2.45, 2.75) is 75.0 Å². The third-order valence-electron chi connectivity index (χ3n) is 7.46. The summed E-state index contributed by atoms with van der Waals surface area (Å²) in [5, 5.41) is 29.7. The van der Waals surface area contributed by atoms with Crippen LogP contribution in [0.2, 0.25) is 0 Å². The number of aliphatic hydroxyl groups excluding tert-OH is 1. The van der Waals surface area contributed by atoms with Crippen molar-refractivity contribution in [3.8, 4) is 6.07 Å². The number of thioether (sulfide) groups is 1. The van der Waals surface area contributed by atoms with Crippen LogP contribution in [0.1, 0.15) is 62.5 Å². The molecule has 4 rings (SSSR count). The summed E-state index contributed by atoms with van der Waals surface area (Å²) in [5.74, 6) is 2.45. The molecule has 1 heterocycles. The summed E-state index contributed by atoms with van der Waals surface area (Å²) in [7, 11) is 0. The number of aliphatic hydroxyl groups is 1. The Hall–Kier alpha value is -2.34. The lowest BCUT2D eigenvalue weighted by molar-refractivity contribution is 0.107. The van der Waals surface area contributed by atoms with Crippen molar-refractivity contribution in [2.24, 2.45) is 11.8 Å². The maximum Gasteiger partial charge on any atom is 0.224 e. The Kier molecular flexibility index (Phi) is 9.64. The van der Waals surface area contributed by atoms with E-state index < -0.39 is 0 Å². The Morgan fingerprint density at radius 3 is 2.46 bits per heavy atom. The summed E-state index contributed by atoms with van der Waals surface area (Å²) in [6, 6.07) is 11.1. The molecule has 0 aliphatic heterocycles. The monoisotopic (exact) mass is 494 g/mol. The molecule has 0 unspecified atom stereocenters. The molecule has 8 heteroatoms. The number of nitriles is 1. The molecule has 1 aromatic heterocycles. The fourth-order valence-electron chi connectivity index (χ4n) is 5.20. The first-order valence-corrected chi connectivity index (χ1v) is 14.1. The fourth-order valence-corrected chi connectivity index (χ4v) is 5.82. The molecule has 2 aromatic rings. The van der Waals surface area contributed by atoms with Gasteiger partial charge in [0, 0.05) is 24.0 Å². The quantitative estimate of drug-likeness (QED) is 0.349. The third-order valence-corrected chi connectivity index (χ3v) is 8.29. The first-order chi connectivity index (χ1) is 17.1. The maximum absolute atomic E-state index is 9.69. The van der Waals surface area contributed by atoms with Crippen molar-refractivity contribution in [3.63, 3.8) is 0 Å². The first-order valence-electron chi connectivity index (χ1n) is 12.9. The molecule has 0 radical (unpaired) electrons. The van der Waals surface area contributed by atoms with E-state index in [4.69, 9.17) is 0 Å². The van der Waals surface area contributed by atoms with Gasteiger partial charge in [-0.05, 0) is 87.6 Å². The van der Waals surface area contributed by atoms with Gasteiger partial charge in [0.15, 0.2) is 0 Å². The minimum Gasteiger partial charge on any atom is -0.393 e. The van der Waals surface area contributed by atoms with E-state index >= 15 is 0 Å². The van der Waals surface area contributed by atoms with Crippen LogP contribution in [0.5, 0.6) is 0 Å². The van der Waals surface area contributed by atoms with Gasteiger partial charge in [0.25, 0.3) is 0 Å². The highest BCUT2D eigenvalue weighted by atomic mass is 32.2. The molecule has 2 fully saturated rings. The second kappa shape index (κ2) is 13.1. The molecular weight excluding hydrogens is 456 g/mol. The molecule has 0 amide bonds. The number of aromatic nitrogens is 2. The van der Waals surface area contributed by atoms with E-state index in [2.05, 4.69) is 50.4 Å². The van der Waals surface area contributed by atoms with Crippen LogP contribution in [0.25, 0.3) is 0 Å². The van der Waals surface area contributed by atoms with Gasteiger partial charge in [0.1, 0.15) is 17.5 Å². The zero-order valence-corrected chi connectivity index (χ0v) is 21.5. The lowest BCUT2D eigenvalue weighted by atomic mass is 9.84. The minimum atomic E-state index is -0.0747. The molecule has 2 aliphatic carbocycles. The lowest BCUT2D eigenvalue weighted by Gasteiger charge is -2.32. The summed E-state index contributed by atoms with van der Waals surface area (Å²) < 4.78 is 0. The number of nitrogens with one attached hydrogen (secondary N) is 3. The highest BCUT2D eigenvalue weighted by Gasteiger charge is 2.24. The molecular formula is C27H38N6OS. The van der Waals surface area contributed by atoms with Gasteiger partial charge in [-0.2, -0.15) is 10.2 Å². The van der Waals surface area contributed by atoms with Crippen molar-refractivity contribution < 1.29 is 5.11 Å². The average molecular weight is 495 g/mol. The van der Waals surface area contributed by atoms with E-state index in [-0.39, 0.29) is 6.10 Å². The number of hydrogen-bond acceptors (Lipinski definition) is 8. The van der Waals surface area contributed by atoms with E-state index in [1.54, 1.807) is 18.0 Å². The van der Waals surface area contributed by atoms with E-state index in [9.17, 15) is 10.4 Å². The number of nitrogens with zero attached hydrogens (tertiary/aromatic N) is 3. The number of hydrogen-bond donors (Lipinski definition) is 4. The first kappa shape index (κ1) is 25.7. The van der Waals surface area contributed by atoms with Crippen LogP contribution in [0.3, 0.4) is 0 Å². The van der Waals surface area contributed by atoms with Gasteiger partial charge in [-0.1, -0.05) is 18.2 Å². The Morgan fingerprint density at radius 1 is 1.00 bits per heavy atom. The zero-order valence-electron chi connectivity index (χ0n) is 20.7. The van der Waals surface area contributed by atoms with Crippen LogP contribution in [-0.2, 0) is 6.54 Å². The molecule has 35 heavy (non-hydrogen) atoms. The van der Waals surface area contributed by atoms with Crippen LogP contribution < -0.4 is 16.0 Å². The molecule has 2 saturated carbocycles. The van der Waals surface area contributed by atoms with Crippen molar-refractivity contribution >= 4 is 23.5 Å². The molecule has 0 spiro atoms. The smallest absolute Gasteiger partial charge is 0.224 e. The normalized spacial score (nSPS) is 24.5. The molecule has 7 nitrogen and oxygen atoms in total. The second-order valence-corrected chi connectivity index (χ2v) is 10.8. The summed E-state index contributed by atoms with van der Waals surface area (Å²) in [6.45, 7) is 2.55. The van der Waals surface area contributed by atoms with Crippen LogP contribution in [0.15, 0.2) is 35.4 Å².